The van der Waals surface area contributed by atoms with Gasteiger partial charge in [0.1, 0.15) is 12.4 Å². The van der Waals surface area contributed by atoms with Crippen LogP contribution in [0.4, 0.5) is 0 Å². The van der Waals surface area contributed by atoms with Crippen LogP contribution in [0.5, 0.6) is 5.75 Å². The van der Waals surface area contributed by atoms with Crippen molar-refractivity contribution in [2.75, 3.05) is 19.8 Å². The summed E-state index contributed by atoms with van der Waals surface area (Å²) in [5.74, 6) is 2.44. The molecule has 4 bridgehead atoms. The smallest absolute Gasteiger partial charge is 0.312 e. The summed E-state index contributed by atoms with van der Waals surface area (Å²) >= 11 is 0. The molecule has 4 aliphatic rings. The van der Waals surface area contributed by atoms with E-state index in [4.69, 9.17) is 9.47 Å². The van der Waals surface area contributed by atoms with Crippen LogP contribution >= 0.6 is 0 Å². The highest BCUT2D eigenvalue weighted by molar-refractivity contribution is 5.83. The van der Waals surface area contributed by atoms with Crippen molar-refractivity contribution in [1.29, 1.82) is 0 Å². The normalized spacial score (nSPS) is 31.5. The van der Waals surface area contributed by atoms with Crippen molar-refractivity contribution in [2.45, 2.75) is 38.5 Å². The van der Waals surface area contributed by atoms with E-state index in [9.17, 15) is 9.59 Å². The van der Waals surface area contributed by atoms with E-state index < -0.39 is 0 Å². The molecule has 0 spiro atoms. The minimum absolute atomic E-state index is 0.146. The zero-order chi connectivity index (χ0) is 18.0. The summed E-state index contributed by atoms with van der Waals surface area (Å²) in [6.45, 7) is 0.591. The van der Waals surface area contributed by atoms with Gasteiger partial charge in [0.2, 0.25) is 0 Å². The Morgan fingerprint density at radius 2 is 1.62 bits per heavy atom. The Morgan fingerprint density at radius 3 is 2.23 bits per heavy atom. The molecule has 4 aliphatic carbocycles. The summed E-state index contributed by atoms with van der Waals surface area (Å²) in [6.07, 6.45) is 6.75. The van der Waals surface area contributed by atoms with Gasteiger partial charge in [0.15, 0.2) is 6.61 Å². The van der Waals surface area contributed by atoms with Crippen molar-refractivity contribution >= 4 is 11.9 Å². The third-order valence-corrected chi connectivity index (χ3v) is 6.24. The number of nitrogens with one attached hydrogen (secondary N) is 1. The second-order valence-corrected chi connectivity index (χ2v) is 8.29. The first-order valence-corrected chi connectivity index (χ1v) is 9.75. The van der Waals surface area contributed by atoms with Gasteiger partial charge in [-0.15, -0.1) is 0 Å². The standard InChI is InChI=1S/C21H27NO4/c23-19(22-6-7-25-18-4-2-1-3-5-18)14-26-20(24)21-11-15-8-16(12-21)10-17(9-15)13-21/h1-5,15-17H,6-14H2,(H,22,23). The lowest BCUT2D eigenvalue weighted by atomic mass is 9.49. The molecule has 1 N–H and O–H groups in total. The highest BCUT2D eigenvalue weighted by Crippen LogP contribution is 2.60. The predicted octanol–water partition coefficient (Wildman–Crippen LogP) is 2.94. The summed E-state index contributed by atoms with van der Waals surface area (Å²) in [4.78, 5) is 24.6. The van der Waals surface area contributed by atoms with Crippen LogP contribution in [0, 0.1) is 23.2 Å². The second kappa shape index (κ2) is 7.29. The molecule has 5 rings (SSSR count). The average Bonchev–Trinajstić information content (AvgIpc) is 2.63. The fraction of sp³-hybridized carbons (Fsp3) is 0.619. The first-order valence-electron chi connectivity index (χ1n) is 9.75. The number of esters is 1. The van der Waals surface area contributed by atoms with Gasteiger partial charge in [0.25, 0.3) is 5.91 Å². The Kier molecular flexibility index (Phi) is 4.88. The number of amides is 1. The molecule has 4 fully saturated rings. The molecular formula is C21H27NO4. The summed E-state index contributed by atoms with van der Waals surface area (Å²) in [7, 11) is 0. The SMILES string of the molecule is O=C(COC(=O)C12CC3CC(CC(C3)C1)C2)NCCOc1ccccc1. The third kappa shape index (κ3) is 3.71. The number of ether oxygens (including phenoxy) is 2. The van der Waals surface area contributed by atoms with Gasteiger partial charge < -0.3 is 14.8 Å². The number of rotatable bonds is 7. The zero-order valence-corrected chi connectivity index (χ0v) is 15.1. The van der Waals surface area contributed by atoms with Crippen molar-refractivity contribution in [3.8, 4) is 5.75 Å². The van der Waals surface area contributed by atoms with Crippen LogP contribution in [0.3, 0.4) is 0 Å². The van der Waals surface area contributed by atoms with Gasteiger partial charge >= 0.3 is 5.97 Å². The average molecular weight is 357 g/mol. The summed E-state index contributed by atoms with van der Waals surface area (Å²) < 4.78 is 10.9. The summed E-state index contributed by atoms with van der Waals surface area (Å²) in [5, 5.41) is 2.74. The van der Waals surface area contributed by atoms with Crippen LogP contribution in [-0.2, 0) is 14.3 Å². The lowest BCUT2D eigenvalue weighted by molar-refractivity contribution is -0.173. The van der Waals surface area contributed by atoms with E-state index in [0.29, 0.717) is 30.9 Å². The highest BCUT2D eigenvalue weighted by atomic mass is 16.5. The van der Waals surface area contributed by atoms with Gasteiger partial charge in [0, 0.05) is 0 Å². The molecule has 4 saturated carbocycles. The molecule has 0 aliphatic heterocycles. The van der Waals surface area contributed by atoms with Crippen LogP contribution in [-0.4, -0.2) is 31.6 Å². The van der Waals surface area contributed by atoms with Crippen molar-refractivity contribution in [3.05, 3.63) is 30.3 Å². The van der Waals surface area contributed by atoms with Crippen LogP contribution in [0.1, 0.15) is 38.5 Å². The van der Waals surface area contributed by atoms with Gasteiger partial charge in [-0.2, -0.15) is 0 Å². The first kappa shape index (κ1) is 17.4. The fourth-order valence-corrected chi connectivity index (χ4v) is 5.57. The summed E-state index contributed by atoms with van der Waals surface area (Å²) in [6, 6.07) is 9.46. The number of para-hydroxylation sites is 1. The largest absolute Gasteiger partial charge is 0.492 e. The maximum absolute atomic E-state index is 12.7. The number of hydrogen-bond donors (Lipinski definition) is 1. The monoisotopic (exact) mass is 357 g/mol. The molecule has 0 radical (unpaired) electrons. The number of hydrogen-bond acceptors (Lipinski definition) is 4. The molecule has 1 aromatic carbocycles. The van der Waals surface area contributed by atoms with E-state index >= 15 is 0 Å². The molecular weight excluding hydrogens is 330 g/mol. The van der Waals surface area contributed by atoms with E-state index in [1.807, 2.05) is 30.3 Å². The molecule has 0 atom stereocenters. The van der Waals surface area contributed by atoms with Gasteiger partial charge in [-0.25, -0.2) is 0 Å². The molecule has 0 unspecified atom stereocenters. The lowest BCUT2D eigenvalue weighted by Crippen LogP contribution is -2.51. The van der Waals surface area contributed by atoms with E-state index in [-0.39, 0.29) is 23.9 Å². The maximum atomic E-state index is 12.7. The summed E-state index contributed by atoms with van der Waals surface area (Å²) in [5.41, 5.74) is -0.300. The zero-order valence-electron chi connectivity index (χ0n) is 15.1. The Morgan fingerprint density at radius 1 is 1.00 bits per heavy atom. The molecule has 1 amide bonds. The number of carbonyl (C=O) groups is 2. The van der Waals surface area contributed by atoms with E-state index in [1.165, 1.54) is 19.3 Å². The molecule has 0 saturated heterocycles. The van der Waals surface area contributed by atoms with Crippen LogP contribution in [0.2, 0.25) is 0 Å². The molecule has 140 valence electrons. The third-order valence-electron chi connectivity index (χ3n) is 6.24. The van der Waals surface area contributed by atoms with Gasteiger partial charge in [-0.3, -0.25) is 9.59 Å². The fourth-order valence-electron chi connectivity index (χ4n) is 5.57. The van der Waals surface area contributed by atoms with Gasteiger partial charge in [-0.1, -0.05) is 18.2 Å². The van der Waals surface area contributed by atoms with Crippen molar-refractivity contribution < 1.29 is 19.1 Å². The van der Waals surface area contributed by atoms with Crippen molar-refractivity contribution in [1.82, 2.24) is 5.32 Å². The number of carbonyl (C=O) groups excluding carboxylic acids is 2. The molecule has 0 heterocycles. The molecule has 0 aromatic heterocycles. The topological polar surface area (TPSA) is 64.6 Å². The molecule has 1 aromatic rings. The highest BCUT2D eigenvalue weighted by Gasteiger charge is 2.55. The predicted molar refractivity (Wildman–Crippen MR) is 96.5 cm³/mol. The second-order valence-electron chi connectivity index (χ2n) is 8.29. The van der Waals surface area contributed by atoms with Crippen molar-refractivity contribution in [2.24, 2.45) is 23.2 Å². The van der Waals surface area contributed by atoms with Gasteiger partial charge in [-0.05, 0) is 68.4 Å². The van der Waals surface area contributed by atoms with E-state index in [2.05, 4.69) is 5.32 Å². The number of benzene rings is 1. The molecule has 26 heavy (non-hydrogen) atoms. The quantitative estimate of drug-likeness (QED) is 0.602. The molecule has 5 heteroatoms. The van der Waals surface area contributed by atoms with E-state index in [1.54, 1.807) is 0 Å². The van der Waals surface area contributed by atoms with Crippen LogP contribution in [0.25, 0.3) is 0 Å². The van der Waals surface area contributed by atoms with E-state index in [0.717, 1.165) is 25.0 Å². The van der Waals surface area contributed by atoms with Gasteiger partial charge in [0.05, 0.1) is 12.0 Å². The molecule has 5 nitrogen and oxygen atoms in total. The van der Waals surface area contributed by atoms with Crippen LogP contribution < -0.4 is 10.1 Å². The maximum Gasteiger partial charge on any atom is 0.312 e. The van der Waals surface area contributed by atoms with Crippen LogP contribution in [0.15, 0.2) is 30.3 Å². The Bertz CT molecular complexity index is 622. The Balaban J connectivity index is 1.18. The first-order chi connectivity index (χ1) is 12.6. The lowest BCUT2D eigenvalue weighted by Gasteiger charge is -2.55. The van der Waals surface area contributed by atoms with Crippen molar-refractivity contribution in [3.63, 3.8) is 0 Å². The Hall–Kier alpha value is -2.04. The minimum atomic E-state index is -0.300. The minimum Gasteiger partial charge on any atom is -0.492 e. The Labute approximate surface area is 154 Å².